The molecule has 0 unspecified atom stereocenters. The number of aliphatic imine (C=N–C) groups is 1. The monoisotopic (exact) mass is 300 g/mol. The number of aromatic nitrogens is 1. The van der Waals surface area contributed by atoms with E-state index in [-0.39, 0.29) is 18.2 Å². The molecule has 5 heteroatoms. The molecular formula is C17H20N2O3. The molecule has 3 fully saturated rings. The summed E-state index contributed by atoms with van der Waals surface area (Å²) in [6, 6.07) is 3.90. The van der Waals surface area contributed by atoms with Gasteiger partial charge < -0.3 is 9.47 Å². The summed E-state index contributed by atoms with van der Waals surface area (Å²) in [6.45, 7) is 7.94. The van der Waals surface area contributed by atoms with Crippen molar-refractivity contribution in [3.63, 3.8) is 0 Å². The number of pyridine rings is 1. The van der Waals surface area contributed by atoms with Crippen LogP contribution < -0.4 is 0 Å². The van der Waals surface area contributed by atoms with Gasteiger partial charge in [-0.15, -0.1) is 0 Å². The Morgan fingerprint density at radius 2 is 1.86 bits per heavy atom. The molecule has 1 aromatic heterocycles. The van der Waals surface area contributed by atoms with Gasteiger partial charge in [0.2, 0.25) is 5.90 Å². The minimum Gasteiger partial charge on any atom is -0.410 e. The lowest BCUT2D eigenvalue weighted by atomic mass is 9.59. The second-order valence-electron chi connectivity index (χ2n) is 7.05. The van der Waals surface area contributed by atoms with Crippen LogP contribution in [0.3, 0.4) is 0 Å². The van der Waals surface area contributed by atoms with Crippen molar-refractivity contribution in [2.75, 3.05) is 0 Å². The van der Waals surface area contributed by atoms with E-state index in [1.165, 1.54) is 0 Å². The maximum absolute atomic E-state index is 12.5. The molecule has 0 N–H and O–H groups in total. The molecule has 3 aliphatic heterocycles. The van der Waals surface area contributed by atoms with Crippen LogP contribution >= 0.6 is 0 Å². The average molecular weight is 300 g/mol. The topological polar surface area (TPSA) is 60.8 Å². The first kappa shape index (κ1) is 13.9. The lowest BCUT2D eigenvalue weighted by Gasteiger charge is -2.36. The largest absolute Gasteiger partial charge is 0.410 e. The molecule has 116 valence electrons. The molecule has 4 atom stereocenters. The molecule has 3 saturated heterocycles. The van der Waals surface area contributed by atoms with Gasteiger partial charge in [-0.05, 0) is 58.2 Å². The summed E-state index contributed by atoms with van der Waals surface area (Å²) in [5.74, 6) is 0.837. The second kappa shape index (κ2) is 4.16. The number of hydrogen-bond acceptors (Lipinski definition) is 5. The molecule has 1 aromatic rings. The fourth-order valence-corrected chi connectivity index (χ4v) is 4.28. The highest BCUT2D eigenvalue weighted by molar-refractivity contribution is 6.06. The van der Waals surface area contributed by atoms with Crippen molar-refractivity contribution in [2.24, 2.45) is 15.8 Å². The minimum atomic E-state index is -0.631. The lowest BCUT2D eigenvalue weighted by molar-refractivity contribution is -0.146. The number of hydrogen-bond donors (Lipinski definition) is 0. The Balaban J connectivity index is 1.83. The van der Waals surface area contributed by atoms with Crippen molar-refractivity contribution in [2.45, 2.75) is 52.7 Å². The Morgan fingerprint density at radius 3 is 2.55 bits per heavy atom. The van der Waals surface area contributed by atoms with E-state index in [1.807, 2.05) is 39.8 Å². The summed E-state index contributed by atoms with van der Waals surface area (Å²) in [4.78, 5) is 21.5. The van der Waals surface area contributed by atoms with Gasteiger partial charge in [-0.3, -0.25) is 4.79 Å². The fourth-order valence-electron chi connectivity index (χ4n) is 4.28. The van der Waals surface area contributed by atoms with Crippen LogP contribution in [0, 0.1) is 24.7 Å². The molecular weight excluding hydrogens is 280 g/mol. The Bertz CT molecular complexity index is 694. The summed E-state index contributed by atoms with van der Waals surface area (Å²) < 4.78 is 11.6. The second-order valence-corrected chi connectivity index (χ2v) is 7.05. The third kappa shape index (κ3) is 1.50. The molecule has 0 spiro atoms. The van der Waals surface area contributed by atoms with Crippen molar-refractivity contribution < 1.29 is 14.3 Å². The number of carbonyl (C=O) groups excluding carboxylic acids is 1. The Kier molecular flexibility index (Phi) is 2.63. The van der Waals surface area contributed by atoms with E-state index in [0.29, 0.717) is 11.7 Å². The first-order chi connectivity index (χ1) is 10.4. The normalized spacial score (nSPS) is 41.1. The zero-order valence-corrected chi connectivity index (χ0v) is 13.3. The quantitative estimate of drug-likeness (QED) is 0.748. The Labute approximate surface area is 129 Å². The zero-order chi connectivity index (χ0) is 15.7. The van der Waals surface area contributed by atoms with Crippen LogP contribution in [0.25, 0.3) is 0 Å². The molecule has 3 aliphatic rings. The van der Waals surface area contributed by atoms with Crippen LogP contribution in [0.1, 0.15) is 37.9 Å². The molecule has 2 bridgehead atoms. The summed E-state index contributed by atoms with van der Waals surface area (Å²) >= 11 is 0. The fraction of sp³-hybridized carbons (Fsp3) is 0.588. The van der Waals surface area contributed by atoms with Gasteiger partial charge in [0.25, 0.3) is 0 Å². The highest BCUT2D eigenvalue weighted by Crippen LogP contribution is 2.64. The smallest absolute Gasteiger partial charge is 0.322 e. The SMILES string of the molecule is Cc1cc(C)nc(/N=C2\OC(=O)[C@]3(C)[C@H]4CC[C@H](O4)[C@]23C)c1. The van der Waals surface area contributed by atoms with Crippen molar-refractivity contribution in [1.29, 1.82) is 0 Å². The minimum absolute atomic E-state index is 0.00129. The number of carbonyl (C=O) groups is 1. The number of fused-ring (bicyclic) bond motifs is 5. The number of nitrogens with zero attached hydrogens (tertiary/aromatic N) is 2. The third-order valence-corrected chi connectivity index (χ3v) is 5.74. The van der Waals surface area contributed by atoms with Crippen molar-refractivity contribution in [1.82, 2.24) is 4.98 Å². The molecule has 0 radical (unpaired) electrons. The average Bonchev–Trinajstić information content (AvgIpc) is 3.04. The molecule has 0 aliphatic carbocycles. The van der Waals surface area contributed by atoms with Gasteiger partial charge in [0.15, 0.2) is 5.82 Å². The van der Waals surface area contributed by atoms with Crippen LogP contribution in [0.5, 0.6) is 0 Å². The number of rotatable bonds is 1. The van der Waals surface area contributed by atoms with Gasteiger partial charge in [-0.1, -0.05) is 0 Å². The van der Waals surface area contributed by atoms with Gasteiger partial charge in [-0.25, -0.2) is 4.98 Å². The van der Waals surface area contributed by atoms with Crippen LogP contribution in [0.2, 0.25) is 0 Å². The first-order valence-electron chi connectivity index (χ1n) is 7.78. The molecule has 0 saturated carbocycles. The standard InChI is InChI=1S/C17H20N2O3/c1-9-7-10(2)18-13(8-9)19-14-16(3)11-5-6-12(21-11)17(16,4)15(20)22-14/h7-8,11-12H,5-6H2,1-4H3/b19-14-/t11-,12+,16+,17-/m0/s1. The number of aryl methyl sites for hydroxylation is 2. The van der Waals surface area contributed by atoms with Gasteiger partial charge >= 0.3 is 5.97 Å². The molecule has 4 heterocycles. The lowest BCUT2D eigenvalue weighted by Crippen LogP contribution is -2.48. The van der Waals surface area contributed by atoms with E-state index >= 15 is 0 Å². The van der Waals surface area contributed by atoms with Crippen LogP contribution in [-0.2, 0) is 14.3 Å². The van der Waals surface area contributed by atoms with Gasteiger partial charge in [0.05, 0.1) is 17.6 Å². The van der Waals surface area contributed by atoms with E-state index in [2.05, 4.69) is 9.98 Å². The maximum atomic E-state index is 12.5. The maximum Gasteiger partial charge on any atom is 0.322 e. The van der Waals surface area contributed by atoms with Gasteiger partial charge in [-0.2, -0.15) is 4.99 Å². The summed E-state index contributed by atoms with van der Waals surface area (Å²) in [5.41, 5.74) is 0.869. The Hall–Kier alpha value is -1.75. The van der Waals surface area contributed by atoms with Crippen molar-refractivity contribution in [3.8, 4) is 0 Å². The van der Waals surface area contributed by atoms with Crippen LogP contribution in [-0.4, -0.2) is 29.1 Å². The number of esters is 1. The third-order valence-electron chi connectivity index (χ3n) is 5.74. The Morgan fingerprint density at radius 1 is 1.18 bits per heavy atom. The van der Waals surface area contributed by atoms with E-state index < -0.39 is 10.8 Å². The van der Waals surface area contributed by atoms with E-state index in [9.17, 15) is 4.79 Å². The molecule has 5 nitrogen and oxygen atoms in total. The highest BCUT2D eigenvalue weighted by Gasteiger charge is 2.75. The van der Waals surface area contributed by atoms with Crippen molar-refractivity contribution >= 4 is 17.7 Å². The zero-order valence-electron chi connectivity index (χ0n) is 13.3. The van der Waals surface area contributed by atoms with Crippen LogP contribution in [0.15, 0.2) is 17.1 Å². The molecule has 0 aromatic carbocycles. The van der Waals surface area contributed by atoms with Gasteiger partial charge in [0.1, 0.15) is 5.41 Å². The number of ether oxygens (including phenoxy) is 2. The molecule has 22 heavy (non-hydrogen) atoms. The van der Waals surface area contributed by atoms with E-state index in [4.69, 9.17) is 9.47 Å². The predicted molar refractivity (Wildman–Crippen MR) is 81.0 cm³/mol. The van der Waals surface area contributed by atoms with Gasteiger partial charge in [0, 0.05) is 5.69 Å². The predicted octanol–water partition coefficient (Wildman–Crippen LogP) is 2.86. The number of cyclic esters (lactones) is 1. The highest BCUT2D eigenvalue weighted by atomic mass is 16.6. The molecule has 0 amide bonds. The summed E-state index contributed by atoms with van der Waals surface area (Å²) in [7, 11) is 0. The summed E-state index contributed by atoms with van der Waals surface area (Å²) in [5, 5.41) is 0. The van der Waals surface area contributed by atoms with E-state index in [1.54, 1.807) is 0 Å². The molecule has 4 rings (SSSR count). The first-order valence-corrected chi connectivity index (χ1v) is 7.78. The summed E-state index contributed by atoms with van der Waals surface area (Å²) in [6.07, 6.45) is 1.81. The van der Waals surface area contributed by atoms with Crippen LogP contribution in [0.4, 0.5) is 5.82 Å². The van der Waals surface area contributed by atoms with E-state index in [0.717, 1.165) is 24.1 Å². The van der Waals surface area contributed by atoms with Crippen molar-refractivity contribution in [3.05, 3.63) is 23.4 Å².